The summed E-state index contributed by atoms with van der Waals surface area (Å²) in [5, 5.41) is -0.371. The van der Waals surface area contributed by atoms with Gasteiger partial charge in [-0.1, -0.05) is 37.3 Å². The summed E-state index contributed by atoms with van der Waals surface area (Å²) >= 11 is 5.53. The van der Waals surface area contributed by atoms with Crippen molar-refractivity contribution >= 4 is 21.6 Å². The highest BCUT2D eigenvalue weighted by Gasteiger charge is 2.25. The summed E-state index contributed by atoms with van der Waals surface area (Å²) in [6.45, 7) is 4.24. The molecule has 0 spiro atoms. The third kappa shape index (κ3) is 3.98. The Balaban J connectivity index is 2.93. The third-order valence-electron chi connectivity index (χ3n) is 2.76. The molecule has 17 heavy (non-hydrogen) atoms. The zero-order valence-electron chi connectivity index (χ0n) is 10.1. The highest BCUT2D eigenvalue weighted by Crippen LogP contribution is 2.16. The van der Waals surface area contributed by atoms with Crippen LogP contribution in [-0.4, -0.2) is 24.0 Å². The lowest BCUT2D eigenvalue weighted by Crippen LogP contribution is -2.38. The average molecular weight is 276 g/mol. The van der Waals surface area contributed by atoms with Gasteiger partial charge in [0.05, 0.1) is 0 Å². The fourth-order valence-corrected chi connectivity index (χ4v) is 3.10. The van der Waals surface area contributed by atoms with Gasteiger partial charge in [0.15, 0.2) is 0 Å². The lowest BCUT2D eigenvalue weighted by molar-refractivity contribution is 0.325. The molecule has 1 unspecified atom stereocenters. The van der Waals surface area contributed by atoms with Crippen LogP contribution in [0, 0.1) is 0 Å². The molecule has 0 radical (unpaired) electrons. The van der Waals surface area contributed by atoms with Gasteiger partial charge in [0.25, 0.3) is 0 Å². The van der Waals surface area contributed by atoms with Crippen molar-refractivity contribution in [2.75, 3.05) is 5.21 Å². The quantitative estimate of drug-likeness (QED) is 0.749. The van der Waals surface area contributed by atoms with Crippen molar-refractivity contribution in [2.24, 2.45) is 0 Å². The maximum Gasteiger partial charge on any atom is 0.228 e. The normalized spacial score (nSPS) is 13.9. The first-order valence-electron chi connectivity index (χ1n) is 5.60. The molecule has 1 aromatic rings. The number of alkyl halides is 1. The highest BCUT2D eigenvalue weighted by atomic mass is 35.5. The summed E-state index contributed by atoms with van der Waals surface area (Å²) in [5.41, 5.74) is 0.974. The molecule has 0 saturated heterocycles. The molecule has 0 fully saturated rings. The minimum atomic E-state index is -3.37. The molecule has 1 aromatic carbocycles. The Morgan fingerprint density at radius 2 is 1.88 bits per heavy atom. The third-order valence-corrected chi connectivity index (χ3v) is 5.07. The van der Waals surface area contributed by atoms with Crippen LogP contribution in [0.4, 0.5) is 0 Å². The van der Waals surface area contributed by atoms with E-state index >= 15 is 0 Å². The second-order valence-corrected chi connectivity index (χ2v) is 6.51. The molecule has 0 N–H and O–H groups in total. The number of sulfonamides is 1. The van der Waals surface area contributed by atoms with Crippen LogP contribution < -0.4 is 0 Å². The smallest absolute Gasteiger partial charge is 0.211 e. The second-order valence-electron chi connectivity index (χ2n) is 4.01. The number of hydrogen-bond donors (Lipinski definition) is 0. The first-order valence-corrected chi connectivity index (χ1v) is 7.75. The maximum atomic E-state index is 11.9. The number of rotatable bonds is 6. The first-order chi connectivity index (χ1) is 8.01. The molecule has 0 amide bonds. The summed E-state index contributed by atoms with van der Waals surface area (Å²) in [5.74, 6) is 0. The summed E-state index contributed by atoms with van der Waals surface area (Å²) in [6, 6.07) is 9.50. The van der Waals surface area contributed by atoms with E-state index in [1.807, 2.05) is 44.2 Å². The van der Waals surface area contributed by atoms with Gasteiger partial charge in [0.2, 0.25) is 10.0 Å². The lowest BCUT2D eigenvalue weighted by Gasteiger charge is -2.26. The van der Waals surface area contributed by atoms with Gasteiger partial charge in [-0.2, -0.15) is 4.31 Å². The standard InChI is InChI=1S/C12H18ClNO2S/c1-3-11(2)14(17(15,16)10-13)9-12-7-5-4-6-8-12/h4-8,11H,3,9-10H2,1-2H3. The molecule has 0 bridgehead atoms. The largest absolute Gasteiger partial charge is 0.228 e. The lowest BCUT2D eigenvalue weighted by atomic mass is 10.2. The van der Waals surface area contributed by atoms with Crippen molar-refractivity contribution in [3.8, 4) is 0 Å². The van der Waals surface area contributed by atoms with Crippen LogP contribution in [0.3, 0.4) is 0 Å². The van der Waals surface area contributed by atoms with Crippen LogP contribution in [0.1, 0.15) is 25.8 Å². The summed E-state index contributed by atoms with van der Waals surface area (Å²) in [4.78, 5) is 0. The van der Waals surface area contributed by atoms with E-state index in [1.165, 1.54) is 4.31 Å². The van der Waals surface area contributed by atoms with Crippen LogP contribution in [0.5, 0.6) is 0 Å². The Morgan fingerprint density at radius 3 is 2.35 bits per heavy atom. The molecule has 0 heterocycles. The zero-order chi connectivity index (χ0) is 12.9. The molecule has 0 aliphatic carbocycles. The maximum absolute atomic E-state index is 11.9. The molecule has 1 rings (SSSR count). The topological polar surface area (TPSA) is 37.4 Å². The second kappa shape index (κ2) is 6.38. The minimum Gasteiger partial charge on any atom is -0.211 e. The molecule has 1 atom stereocenters. The van der Waals surface area contributed by atoms with Crippen molar-refractivity contribution in [3.63, 3.8) is 0 Å². The van der Waals surface area contributed by atoms with E-state index in [0.717, 1.165) is 12.0 Å². The summed E-state index contributed by atoms with van der Waals surface area (Å²) in [6.07, 6.45) is 0.767. The van der Waals surface area contributed by atoms with Crippen molar-refractivity contribution in [3.05, 3.63) is 35.9 Å². The van der Waals surface area contributed by atoms with Crippen molar-refractivity contribution in [1.82, 2.24) is 4.31 Å². The van der Waals surface area contributed by atoms with E-state index in [-0.39, 0.29) is 11.3 Å². The van der Waals surface area contributed by atoms with Crippen molar-refractivity contribution in [2.45, 2.75) is 32.9 Å². The predicted octanol–water partition coefficient (Wildman–Crippen LogP) is 2.81. The minimum absolute atomic E-state index is 0.0426. The molecule has 0 aliphatic heterocycles. The average Bonchev–Trinajstić information content (AvgIpc) is 2.36. The fraction of sp³-hybridized carbons (Fsp3) is 0.500. The molecular weight excluding hydrogens is 258 g/mol. The Bertz CT molecular complexity index is 433. The summed E-state index contributed by atoms with van der Waals surface area (Å²) in [7, 11) is -3.37. The molecule has 3 nitrogen and oxygen atoms in total. The van der Waals surface area contributed by atoms with Gasteiger partial charge in [-0.05, 0) is 18.9 Å². The van der Waals surface area contributed by atoms with E-state index in [9.17, 15) is 8.42 Å². The van der Waals surface area contributed by atoms with Crippen LogP contribution in [0.2, 0.25) is 0 Å². The van der Waals surface area contributed by atoms with Crippen LogP contribution in [-0.2, 0) is 16.6 Å². The van der Waals surface area contributed by atoms with Crippen LogP contribution >= 0.6 is 11.6 Å². The zero-order valence-corrected chi connectivity index (χ0v) is 11.7. The van der Waals surface area contributed by atoms with Crippen molar-refractivity contribution in [1.29, 1.82) is 0 Å². The van der Waals surface area contributed by atoms with Gasteiger partial charge in [-0.25, -0.2) is 8.42 Å². The number of benzene rings is 1. The van der Waals surface area contributed by atoms with Crippen LogP contribution in [0.15, 0.2) is 30.3 Å². The monoisotopic (exact) mass is 275 g/mol. The van der Waals surface area contributed by atoms with Gasteiger partial charge >= 0.3 is 0 Å². The van der Waals surface area contributed by atoms with E-state index in [4.69, 9.17) is 11.6 Å². The number of halogens is 1. The first kappa shape index (κ1) is 14.5. The Kier molecular flexibility index (Phi) is 5.43. The van der Waals surface area contributed by atoms with Gasteiger partial charge < -0.3 is 0 Å². The molecular formula is C12H18ClNO2S. The molecule has 0 saturated carbocycles. The van der Waals surface area contributed by atoms with E-state index in [0.29, 0.717) is 6.54 Å². The summed E-state index contributed by atoms with van der Waals surface area (Å²) < 4.78 is 25.3. The van der Waals surface area contributed by atoms with Gasteiger partial charge in [0, 0.05) is 12.6 Å². The van der Waals surface area contributed by atoms with Gasteiger partial charge in [-0.3, -0.25) is 0 Å². The molecule has 96 valence electrons. The Labute approximate surface area is 108 Å². The van der Waals surface area contributed by atoms with Gasteiger partial charge in [0.1, 0.15) is 5.21 Å². The fourth-order valence-electron chi connectivity index (χ4n) is 1.56. The molecule has 5 heteroatoms. The molecule has 0 aromatic heterocycles. The Morgan fingerprint density at radius 1 is 1.29 bits per heavy atom. The SMILES string of the molecule is CCC(C)N(Cc1ccccc1)S(=O)(=O)CCl. The Hall–Kier alpha value is -0.580. The van der Waals surface area contributed by atoms with E-state index < -0.39 is 10.0 Å². The van der Waals surface area contributed by atoms with E-state index in [2.05, 4.69) is 0 Å². The van der Waals surface area contributed by atoms with Crippen LogP contribution in [0.25, 0.3) is 0 Å². The highest BCUT2D eigenvalue weighted by molar-refractivity contribution is 7.90. The number of nitrogens with zero attached hydrogens (tertiary/aromatic N) is 1. The van der Waals surface area contributed by atoms with Gasteiger partial charge in [-0.15, -0.1) is 11.6 Å². The molecule has 0 aliphatic rings. The number of hydrogen-bond acceptors (Lipinski definition) is 2. The van der Waals surface area contributed by atoms with Crippen molar-refractivity contribution < 1.29 is 8.42 Å². The van der Waals surface area contributed by atoms with E-state index in [1.54, 1.807) is 0 Å². The predicted molar refractivity (Wildman–Crippen MR) is 71.4 cm³/mol.